The smallest absolute Gasteiger partial charge is 0.407 e. The SMILES string of the molecule is CC(C)C(CC(=O)N[C@@H](CO)C(=O)O)NC(=O)OCC1c2ccccc2-c2ccccc21. The first kappa shape index (κ1) is 23.3. The quantitative estimate of drug-likeness (QED) is 0.475. The summed E-state index contributed by atoms with van der Waals surface area (Å²) in [6.07, 6.45) is -0.777. The van der Waals surface area contributed by atoms with Gasteiger partial charge in [0.2, 0.25) is 5.91 Å². The summed E-state index contributed by atoms with van der Waals surface area (Å²) in [6, 6.07) is 14.1. The van der Waals surface area contributed by atoms with E-state index >= 15 is 0 Å². The van der Waals surface area contributed by atoms with Gasteiger partial charge in [0, 0.05) is 18.4 Å². The highest BCUT2D eigenvalue weighted by molar-refractivity contribution is 5.84. The Bertz CT molecular complexity index is 944. The third-order valence-corrected chi connectivity index (χ3v) is 5.67. The van der Waals surface area contributed by atoms with Gasteiger partial charge < -0.3 is 25.6 Å². The number of ether oxygens (including phenoxy) is 1. The molecule has 0 fully saturated rings. The lowest BCUT2D eigenvalue weighted by Crippen LogP contribution is -2.47. The van der Waals surface area contributed by atoms with Crippen molar-refractivity contribution in [2.75, 3.05) is 13.2 Å². The molecule has 2 aromatic rings. The largest absolute Gasteiger partial charge is 0.480 e. The third kappa shape index (κ3) is 5.26. The van der Waals surface area contributed by atoms with Crippen molar-refractivity contribution in [2.24, 2.45) is 5.92 Å². The van der Waals surface area contributed by atoms with Crippen LogP contribution < -0.4 is 10.6 Å². The van der Waals surface area contributed by atoms with E-state index in [4.69, 9.17) is 14.9 Å². The first-order valence-electron chi connectivity index (χ1n) is 10.6. The topological polar surface area (TPSA) is 125 Å². The van der Waals surface area contributed by atoms with Gasteiger partial charge >= 0.3 is 12.1 Å². The van der Waals surface area contributed by atoms with Crippen molar-refractivity contribution in [3.8, 4) is 11.1 Å². The van der Waals surface area contributed by atoms with Gasteiger partial charge in [-0.15, -0.1) is 0 Å². The summed E-state index contributed by atoms with van der Waals surface area (Å²) in [4.78, 5) is 35.7. The second-order valence-electron chi connectivity index (χ2n) is 8.17. The molecule has 2 atom stereocenters. The number of aliphatic hydroxyl groups excluding tert-OH is 1. The predicted molar refractivity (Wildman–Crippen MR) is 118 cm³/mol. The van der Waals surface area contributed by atoms with Crippen LogP contribution in [-0.4, -0.2) is 53.5 Å². The minimum atomic E-state index is -1.38. The van der Waals surface area contributed by atoms with Crippen LogP contribution >= 0.6 is 0 Å². The van der Waals surface area contributed by atoms with E-state index in [1.54, 1.807) is 0 Å². The highest BCUT2D eigenvalue weighted by atomic mass is 16.5. The lowest BCUT2D eigenvalue weighted by atomic mass is 9.98. The number of nitrogens with one attached hydrogen (secondary N) is 2. The van der Waals surface area contributed by atoms with Crippen molar-refractivity contribution >= 4 is 18.0 Å². The normalized spacial score (nSPS) is 14.2. The molecule has 8 nitrogen and oxygen atoms in total. The zero-order valence-electron chi connectivity index (χ0n) is 18.1. The number of carboxylic acids is 1. The summed E-state index contributed by atoms with van der Waals surface area (Å²) < 4.78 is 5.53. The molecule has 1 aliphatic carbocycles. The molecule has 2 aromatic carbocycles. The maximum absolute atomic E-state index is 12.5. The third-order valence-electron chi connectivity index (χ3n) is 5.67. The summed E-state index contributed by atoms with van der Waals surface area (Å²) in [5.74, 6) is -2.08. The molecule has 8 heteroatoms. The van der Waals surface area contributed by atoms with Gasteiger partial charge in [0.1, 0.15) is 12.6 Å². The van der Waals surface area contributed by atoms with E-state index in [1.807, 2.05) is 50.2 Å². The zero-order valence-corrected chi connectivity index (χ0v) is 18.1. The van der Waals surface area contributed by atoms with E-state index in [2.05, 4.69) is 22.8 Å². The van der Waals surface area contributed by atoms with Crippen molar-refractivity contribution < 1.29 is 29.3 Å². The maximum Gasteiger partial charge on any atom is 0.407 e. The molecule has 0 aliphatic heterocycles. The Morgan fingerprint density at radius 1 is 0.969 bits per heavy atom. The van der Waals surface area contributed by atoms with Crippen LogP contribution in [0.25, 0.3) is 11.1 Å². The van der Waals surface area contributed by atoms with Crippen LogP contribution in [0.4, 0.5) is 4.79 Å². The molecule has 0 saturated heterocycles. The lowest BCUT2D eigenvalue weighted by molar-refractivity contribution is -0.143. The highest BCUT2D eigenvalue weighted by Crippen LogP contribution is 2.44. The molecule has 0 spiro atoms. The fraction of sp³-hybridized carbons (Fsp3) is 0.375. The van der Waals surface area contributed by atoms with Crippen LogP contribution in [0.3, 0.4) is 0 Å². The molecule has 1 unspecified atom stereocenters. The first-order chi connectivity index (χ1) is 15.3. The van der Waals surface area contributed by atoms with Gasteiger partial charge in [-0.05, 0) is 28.2 Å². The van der Waals surface area contributed by atoms with Gasteiger partial charge in [0.25, 0.3) is 0 Å². The van der Waals surface area contributed by atoms with Gasteiger partial charge in [-0.2, -0.15) is 0 Å². The number of amides is 2. The van der Waals surface area contributed by atoms with Gasteiger partial charge in [0.05, 0.1) is 6.61 Å². The van der Waals surface area contributed by atoms with Crippen LogP contribution in [0.2, 0.25) is 0 Å². The number of rotatable bonds is 9. The number of benzene rings is 2. The van der Waals surface area contributed by atoms with Crippen LogP contribution in [0.1, 0.15) is 37.3 Å². The van der Waals surface area contributed by atoms with Gasteiger partial charge in [0.15, 0.2) is 0 Å². The Labute approximate surface area is 186 Å². The van der Waals surface area contributed by atoms with E-state index in [0.717, 1.165) is 22.3 Å². The number of hydrogen-bond donors (Lipinski definition) is 4. The molecule has 3 rings (SSSR count). The van der Waals surface area contributed by atoms with Crippen molar-refractivity contribution in [3.05, 3.63) is 59.7 Å². The van der Waals surface area contributed by atoms with E-state index in [-0.39, 0.29) is 24.9 Å². The van der Waals surface area contributed by atoms with Gasteiger partial charge in [-0.3, -0.25) is 4.79 Å². The Morgan fingerprint density at radius 3 is 2.03 bits per heavy atom. The molecule has 0 radical (unpaired) electrons. The van der Waals surface area contributed by atoms with Crippen molar-refractivity contribution in [1.29, 1.82) is 0 Å². The van der Waals surface area contributed by atoms with Gasteiger partial charge in [-0.1, -0.05) is 62.4 Å². The Morgan fingerprint density at radius 2 is 1.53 bits per heavy atom. The van der Waals surface area contributed by atoms with Crippen LogP contribution in [0.15, 0.2) is 48.5 Å². The summed E-state index contributed by atoms with van der Waals surface area (Å²) in [5.41, 5.74) is 4.46. The van der Waals surface area contributed by atoms with Crippen molar-refractivity contribution in [2.45, 2.75) is 38.3 Å². The minimum absolute atomic E-state index is 0.0742. The van der Waals surface area contributed by atoms with Crippen LogP contribution in [0, 0.1) is 5.92 Å². The summed E-state index contributed by atoms with van der Waals surface area (Å²) in [5, 5.41) is 23.0. The van der Waals surface area contributed by atoms with E-state index in [0.29, 0.717) is 0 Å². The van der Waals surface area contributed by atoms with Crippen LogP contribution in [0.5, 0.6) is 0 Å². The molecule has 170 valence electrons. The summed E-state index contributed by atoms with van der Waals surface area (Å²) in [6.45, 7) is 3.11. The number of fused-ring (bicyclic) bond motifs is 3. The first-order valence-corrected chi connectivity index (χ1v) is 10.6. The molecule has 0 aromatic heterocycles. The van der Waals surface area contributed by atoms with E-state index in [9.17, 15) is 14.4 Å². The molecule has 0 bridgehead atoms. The summed E-state index contributed by atoms with van der Waals surface area (Å²) in [7, 11) is 0. The molecule has 4 N–H and O–H groups in total. The highest BCUT2D eigenvalue weighted by Gasteiger charge is 2.30. The Hall–Kier alpha value is -3.39. The Kier molecular flexibility index (Phi) is 7.48. The van der Waals surface area contributed by atoms with Crippen molar-refractivity contribution in [1.82, 2.24) is 10.6 Å². The zero-order chi connectivity index (χ0) is 23.3. The number of aliphatic carboxylic acids is 1. The molecule has 2 amide bonds. The number of carbonyl (C=O) groups is 3. The van der Waals surface area contributed by atoms with Crippen molar-refractivity contribution in [3.63, 3.8) is 0 Å². The number of alkyl carbamates (subject to hydrolysis) is 1. The lowest BCUT2D eigenvalue weighted by Gasteiger charge is -2.23. The fourth-order valence-electron chi connectivity index (χ4n) is 3.88. The summed E-state index contributed by atoms with van der Waals surface area (Å²) >= 11 is 0. The minimum Gasteiger partial charge on any atom is -0.480 e. The number of carbonyl (C=O) groups excluding carboxylic acids is 2. The number of aliphatic hydroxyl groups is 1. The average molecular weight is 440 g/mol. The second-order valence-corrected chi connectivity index (χ2v) is 8.17. The van der Waals surface area contributed by atoms with Crippen LogP contribution in [-0.2, 0) is 14.3 Å². The number of carboxylic acid groups (broad SMARTS) is 1. The monoisotopic (exact) mass is 440 g/mol. The molecular weight excluding hydrogens is 412 g/mol. The van der Waals surface area contributed by atoms with E-state index < -0.39 is 36.7 Å². The standard InChI is InChI=1S/C24H28N2O6/c1-14(2)20(11-22(28)25-21(12-27)23(29)30)26-24(31)32-13-19-17-9-5-3-7-15(17)16-8-4-6-10-18(16)19/h3-10,14,19-21,27H,11-13H2,1-2H3,(H,25,28)(H,26,31)(H,29,30)/t20?,21-/m0/s1. The molecule has 0 heterocycles. The second kappa shape index (κ2) is 10.3. The molecular formula is C24H28N2O6. The Balaban J connectivity index is 1.61. The number of hydrogen-bond acceptors (Lipinski definition) is 5. The average Bonchev–Trinajstić information content (AvgIpc) is 3.09. The molecule has 32 heavy (non-hydrogen) atoms. The fourth-order valence-corrected chi connectivity index (χ4v) is 3.88. The molecule has 0 saturated carbocycles. The van der Waals surface area contributed by atoms with E-state index in [1.165, 1.54) is 0 Å². The molecule has 1 aliphatic rings. The predicted octanol–water partition coefficient (Wildman–Crippen LogP) is 2.50. The maximum atomic E-state index is 12.5. The van der Waals surface area contributed by atoms with Gasteiger partial charge in [-0.25, -0.2) is 9.59 Å².